The molecule has 1 aromatic heterocycles. The van der Waals surface area contributed by atoms with Gasteiger partial charge in [0.2, 0.25) is 0 Å². The zero-order chi connectivity index (χ0) is 19.2. The van der Waals surface area contributed by atoms with Crippen LogP contribution in [0, 0.1) is 5.82 Å². The number of anilines is 4. The molecule has 0 unspecified atom stereocenters. The molecule has 0 aliphatic heterocycles. The van der Waals surface area contributed by atoms with Gasteiger partial charge in [0.1, 0.15) is 23.6 Å². The summed E-state index contributed by atoms with van der Waals surface area (Å²) < 4.78 is 18.2. The van der Waals surface area contributed by atoms with Crippen molar-refractivity contribution in [2.24, 2.45) is 0 Å². The van der Waals surface area contributed by atoms with Crippen LogP contribution in [-0.4, -0.2) is 23.0 Å². The van der Waals surface area contributed by atoms with E-state index in [1.165, 1.54) is 30.6 Å². The molecule has 0 saturated heterocycles. The van der Waals surface area contributed by atoms with Gasteiger partial charge in [-0.15, -0.1) is 0 Å². The topological polar surface area (TPSA) is 114 Å². The number of nitrogens with zero attached hydrogens (tertiary/aromatic N) is 2. The summed E-state index contributed by atoms with van der Waals surface area (Å²) in [6.07, 6.45) is 1.29. The number of hydrogen-bond donors (Lipinski definition) is 4. The first kappa shape index (κ1) is 17.9. The molecule has 5 N–H and O–H groups in total. The normalized spacial score (nSPS) is 10.1. The van der Waals surface area contributed by atoms with Gasteiger partial charge < -0.3 is 15.8 Å². The number of halogens is 1. The molecule has 0 fully saturated rings. The second-order valence-corrected chi connectivity index (χ2v) is 5.40. The quantitative estimate of drug-likeness (QED) is 0.495. The molecule has 9 heteroatoms. The molecule has 27 heavy (non-hydrogen) atoms. The lowest BCUT2D eigenvalue weighted by atomic mass is 10.2. The molecule has 1 heterocycles. The van der Waals surface area contributed by atoms with Crippen molar-refractivity contribution in [3.8, 4) is 5.75 Å². The number of benzene rings is 2. The first-order valence-corrected chi connectivity index (χ1v) is 7.91. The molecule has 0 spiro atoms. The summed E-state index contributed by atoms with van der Waals surface area (Å²) in [5.74, 6) is 0.277. The summed E-state index contributed by atoms with van der Waals surface area (Å²) in [5.41, 5.74) is 12.3. The van der Waals surface area contributed by atoms with Gasteiger partial charge in [-0.3, -0.25) is 15.6 Å². The van der Waals surface area contributed by atoms with Gasteiger partial charge in [0.05, 0.1) is 12.8 Å². The van der Waals surface area contributed by atoms with Crippen molar-refractivity contribution < 1.29 is 13.9 Å². The number of nitrogens with one attached hydrogen (secondary N) is 3. The molecule has 0 bridgehead atoms. The van der Waals surface area contributed by atoms with E-state index in [9.17, 15) is 9.18 Å². The average molecular weight is 368 g/mol. The number of nitrogens with two attached hydrogens (primary N) is 1. The summed E-state index contributed by atoms with van der Waals surface area (Å²) in [7, 11) is 1.56. The molecular weight excluding hydrogens is 351 g/mol. The zero-order valence-electron chi connectivity index (χ0n) is 14.4. The molecule has 138 valence electrons. The Labute approximate surface area is 154 Å². The van der Waals surface area contributed by atoms with Gasteiger partial charge in [-0.25, -0.2) is 14.4 Å². The van der Waals surface area contributed by atoms with Gasteiger partial charge in [-0.05, 0) is 36.4 Å². The van der Waals surface area contributed by atoms with E-state index < -0.39 is 11.7 Å². The van der Waals surface area contributed by atoms with Gasteiger partial charge in [0.15, 0.2) is 11.6 Å². The molecule has 2 aromatic carbocycles. The minimum absolute atomic E-state index is 0.197. The van der Waals surface area contributed by atoms with Crippen LogP contribution in [0.4, 0.5) is 27.4 Å². The van der Waals surface area contributed by atoms with Crippen molar-refractivity contribution in [2.75, 3.05) is 23.6 Å². The summed E-state index contributed by atoms with van der Waals surface area (Å²) >= 11 is 0. The Morgan fingerprint density at radius 2 is 1.78 bits per heavy atom. The number of methoxy groups -OCH3 is 1. The van der Waals surface area contributed by atoms with Crippen LogP contribution in [0.2, 0.25) is 0 Å². The molecule has 0 aliphatic carbocycles. The highest BCUT2D eigenvalue weighted by Gasteiger charge is 2.12. The number of hydrazine groups is 1. The maximum Gasteiger partial charge on any atom is 0.269 e. The maximum absolute atomic E-state index is 12.9. The molecule has 0 saturated carbocycles. The lowest BCUT2D eigenvalue weighted by Gasteiger charge is -2.14. The van der Waals surface area contributed by atoms with Crippen LogP contribution in [0.5, 0.6) is 5.75 Å². The molecule has 0 aliphatic rings. The standard InChI is InChI=1S/C18H17FN6O2/c1-27-14-5-3-2-4-13(14)23-16-15(20)17(22-10-21-16)24-25-18(26)11-6-8-12(19)9-7-11/h2-10H,20H2,1H3,(H,25,26)(H2,21,22,23,24). The molecule has 8 nitrogen and oxygen atoms in total. The number of hydrogen-bond acceptors (Lipinski definition) is 7. The molecular formula is C18H17FN6O2. The minimum atomic E-state index is -0.466. The number of rotatable bonds is 6. The van der Waals surface area contributed by atoms with Crippen LogP contribution in [0.1, 0.15) is 10.4 Å². The Morgan fingerprint density at radius 1 is 1.07 bits per heavy atom. The second-order valence-electron chi connectivity index (χ2n) is 5.40. The Balaban J connectivity index is 1.73. The van der Waals surface area contributed by atoms with Crippen LogP contribution >= 0.6 is 0 Å². The largest absolute Gasteiger partial charge is 0.495 e. The van der Waals surface area contributed by atoms with Crippen LogP contribution in [0.3, 0.4) is 0 Å². The van der Waals surface area contributed by atoms with E-state index in [-0.39, 0.29) is 17.1 Å². The van der Waals surface area contributed by atoms with Crippen molar-refractivity contribution in [1.29, 1.82) is 0 Å². The number of ether oxygens (including phenoxy) is 1. The van der Waals surface area contributed by atoms with E-state index in [4.69, 9.17) is 10.5 Å². The summed E-state index contributed by atoms with van der Waals surface area (Å²) in [6.45, 7) is 0. The van der Waals surface area contributed by atoms with E-state index in [1.807, 2.05) is 18.2 Å². The molecule has 3 rings (SSSR count). The number of para-hydroxylation sites is 2. The van der Waals surface area contributed by atoms with Crippen molar-refractivity contribution in [2.45, 2.75) is 0 Å². The smallest absolute Gasteiger partial charge is 0.269 e. The first-order chi connectivity index (χ1) is 13.1. The number of amides is 1. The second kappa shape index (κ2) is 8.00. The Bertz CT molecular complexity index is 949. The Kier molecular flexibility index (Phi) is 5.31. The first-order valence-electron chi connectivity index (χ1n) is 7.91. The third-order valence-electron chi connectivity index (χ3n) is 3.64. The van der Waals surface area contributed by atoms with Gasteiger partial charge in [-0.1, -0.05) is 12.1 Å². The average Bonchev–Trinajstić information content (AvgIpc) is 2.69. The predicted molar refractivity (Wildman–Crippen MR) is 100 cm³/mol. The highest BCUT2D eigenvalue weighted by molar-refractivity contribution is 5.95. The Morgan fingerprint density at radius 3 is 2.52 bits per heavy atom. The molecule has 1 amide bonds. The number of carbonyl (C=O) groups is 1. The van der Waals surface area contributed by atoms with E-state index in [1.54, 1.807) is 13.2 Å². The number of carbonyl (C=O) groups excluding carboxylic acids is 1. The summed E-state index contributed by atoms with van der Waals surface area (Å²) in [6, 6.07) is 12.4. The van der Waals surface area contributed by atoms with Crippen LogP contribution in [-0.2, 0) is 0 Å². The van der Waals surface area contributed by atoms with E-state index in [2.05, 4.69) is 26.1 Å². The van der Waals surface area contributed by atoms with Crippen LogP contribution in [0.15, 0.2) is 54.9 Å². The highest BCUT2D eigenvalue weighted by atomic mass is 19.1. The van der Waals surface area contributed by atoms with E-state index >= 15 is 0 Å². The highest BCUT2D eigenvalue weighted by Crippen LogP contribution is 2.30. The van der Waals surface area contributed by atoms with Crippen LogP contribution < -0.4 is 26.6 Å². The Hall–Kier alpha value is -3.88. The van der Waals surface area contributed by atoms with Crippen molar-refractivity contribution in [3.63, 3.8) is 0 Å². The number of aromatic nitrogens is 2. The van der Waals surface area contributed by atoms with Crippen molar-refractivity contribution in [1.82, 2.24) is 15.4 Å². The van der Waals surface area contributed by atoms with Crippen molar-refractivity contribution >= 4 is 28.9 Å². The van der Waals surface area contributed by atoms with Gasteiger partial charge in [0, 0.05) is 5.56 Å². The fraction of sp³-hybridized carbons (Fsp3) is 0.0556. The monoisotopic (exact) mass is 368 g/mol. The lowest BCUT2D eigenvalue weighted by Crippen LogP contribution is -2.30. The third-order valence-corrected chi connectivity index (χ3v) is 3.64. The van der Waals surface area contributed by atoms with Crippen LogP contribution in [0.25, 0.3) is 0 Å². The minimum Gasteiger partial charge on any atom is -0.495 e. The SMILES string of the molecule is COc1ccccc1Nc1ncnc(NNC(=O)c2ccc(F)cc2)c1N. The zero-order valence-corrected chi connectivity index (χ0v) is 14.4. The predicted octanol–water partition coefficient (Wildman–Crippen LogP) is 2.71. The van der Waals surface area contributed by atoms with E-state index in [0.717, 1.165) is 0 Å². The fourth-order valence-corrected chi connectivity index (χ4v) is 2.26. The molecule has 0 radical (unpaired) electrons. The fourth-order valence-electron chi connectivity index (χ4n) is 2.26. The molecule has 3 aromatic rings. The van der Waals surface area contributed by atoms with Gasteiger partial charge >= 0.3 is 0 Å². The third kappa shape index (κ3) is 4.21. The van der Waals surface area contributed by atoms with Gasteiger partial charge in [-0.2, -0.15) is 0 Å². The molecule has 0 atom stereocenters. The van der Waals surface area contributed by atoms with Crippen molar-refractivity contribution in [3.05, 3.63) is 66.2 Å². The van der Waals surface area contributed by atoms with E-state index in [0.29, 0.717) is 17.3 Å². The maximum atomic E-state index is 12.9. The lowest BCUT2D eigenvalue weighted by molar-refractivity contribution is 0.0962. The van der Waals surface area contributed by atoms with Gasteiger partial charge in [0.25, 0.3) is 5.91 Å². The number of nitrogen functional groups attached to an aromatic ring is 1. The summed E-state index contributed by atoms with van der Waals surface area (Å²) in [4.78, 5) is 20.2. The summed E-state index contributed by atoms with van der Waals surface area (Å²) in [5, 5.41) is 3.06.